The quantitative estimate of drug-likeness (QED) is 0.571. The second-order valence-electron chi connectivity index (χ2n) is 3.36. The molecule has 0 aliphatic rings. The van der Waals surface area contributed by atoms with Crippen LogP contribution in [0.5, 0.6) is 0 Å². The van der Waals surface area contributed by atoms with Crippen LogP contribution >= 0.6 is 38.9 Å². The number of hydrogen-bond donors (Lipinski definition) is 0. The van der Waals surface area contributed by atoms with Crippen LogP contribution in [0.15, 0.2) is 9.85 Å². The Labute approximate surface area is 113 Å². The number of hydrogen-bond acceptors (Lipinski definition) is 3. The van der Waals surface area contributed by atoms with Gasteiger partial charge in [-0.25, -0.2) is 0 Å². The summed E-state index contributed by atoms with van der Waals surface area (Å²) in [5.74, 6) is -0.111. The molecule has 0 saturated carbocycles. The first-order valence-corrected chi connectivity index (χ1v) is 7.21. The van der Waals surface area contributed by atoms with Gasteiger partial charge in [-0.1, -0.05) is 11.6 Å². The highest BCUT2D eigenvalue weighted by atomic mass is 79.9. The van der Waals surface area contributed by atoms with E-state index in [-0.39, 0.29) is 5.97 Å². The average molecular weight is 326 g/mol. The molecule has 0 fully saturated rings. The minimum Gasteiger partial charge on any atom is -0.466 e. The summed E-state index contributed by atoms with van der Waals surface area (Å²) in [6, 6.07) is 2.04. The number of unbranched alkanes of at least 4 members (excludes halogenated alkanes) is 1. The van der Waals surface area contributed by atoms with E-state index in [0.29, 0.717) is 13.0 Å². The predicted molar refractivity (Wildman–Crippen MR) is 71.2 cm³/mol. The largest absolute Gasteiger partial charge is 0.466 e. The van der Waals surface area contributed by atoms with Crippen LogP contribution in [-0.4, -0.2) is 12.6 Å². The maximum Gasteiger partial charge on any atom is 0.305 e. The van der Waals surface area contributed by atoms with E-state index in [1.54, 1.807) is 0 Å². The minimum absolute atomic E-state index is 0.111. The molecule has 0 radical (unpaired) electrons. The summed E-state index contributed by atoms with van der Waals surface area (Å²) in [4.78, 5) is 11.1. The number of esters is 1. The second-order valence-corrected chi connectivity index (χ2v) is 6.40. The topological polar surface area (TPSA) is 26.3 Å². The van der Waals surface area contributed by atoms with E-state index in [2.05, 4.69) is 15.9 Å². The minimum atomic E-state index is -0.111. The SMILES string of the molecule is CCOC(=O)CCCCc1cc(Br)sc1Cl. The van der Waals surface area contributed by atoms with E-state index >= 15 is 0 Å². The standard InChI is InChI=1S/C11H14BrClO2S/c1-2-15-10(14)6-4-3-5-8-7-9(12)16-11(8)13/h7H,2-6H2,1H3. The van der Waals surface area contributed by atoms with Gasteiger partial charge in [-0.05, 0) is 53.7 Å². The van der Waals surface area contributed by atoms with Crippen molar-refractivity contribution in [1.82, 2.24) is 0 Å². The van der Waals surface area contributed by atoms with Crippen molar-refractivity contribution in [2.75, 3.05) is 6.61 Å². The summed E-state index contributed by atoms with van der Waals surface area (Å²) in [6.07, 6.45) is 3.22. The molecular weight excluding hydrogens is 312 g/mol. The third-order valence-corrected chi connectivity index (χ3v) is 4.05. The fourth-order valence-electron chi connectivity index (χ4n) is 1.36. The Morgan fingerprint density at radius 2 is 2.31 bits per heavy atom. The first-order valence-electron chi connectivity index (χ1n) is 5.22. The van der Waals surface area contributed by atoms with Crippen LogP contribution in [-0.2, 0) is 16.0 Å². The summed E-state index contributed by atoms with van der Waals surface area (Å²) in [7, 11) is 0. The molecule has 1 aromatic heterocycles. The Balaban J connectivity index is 2.21. The fraction of sp³-hybridized carbons (Fsp3) is 0.545. The Morgan fingerprint density at radius 1 is 1.56 bits per heavy atom. The maximum atomic E-state index is 11.1. The fourth-order valence-corrected chi connectivity index (χ4v) is 3.47. The first kappa shape index (κ1) is 14.0. The van der Waals surface area contributed by atoms with Gasteiger partial charge in [-0.2, -0.15) is 0 Å². The Hall–Kier alpha value is -0.0600. The molecule has 90 valence electrons. The van der Waals surface area contributed by atoms with Crippen LogP contribution in [0.25, 0.3) is 0 Å². The predicted octanol–water partition coefficient (Wildman–Crippen LogP) is 4.44. The van der Waals surface area contributed by atoms with Crippen LogP contribution in [0.1, 0.15) is 31.7 Å². The molecule has 1 aromatic rings. The van der Waals surface area contributed by atoms with E-state index < -0.39 is 0 Å². The molecule has 16 heavy (non-hydrogen) atoms. The van der Waals surface area contributed by atoms with E-state index in [0.717, 1.165) is 32.9 Å². The van der Waals surface area contributed by atoms with Crippen molar-refractivity contribution < 1.29 is 9.53 Å². The molecule has 1 heterocycles. The molecule has 0 atom stereocenters. The third-order valence-electron chi connectivity index (χ3n) is 2.11. The number of carbonyl (C=O) groups is 1. The van der Waals surface area contributed by atoms with Gasteiger partial charge in [0.15, 0.2) is 0 Å². The average Bonchev–Trinajstić information content (AvgIpc) is 2.53. The smallest absolute Gasteiger partial charge is 0.305 e. The lowest BCUT2D eigenvalue weighted by Gasteiger charge is -2.01. The Kier molecular flexibility index (Phi) is 6.39. The highest BCUT2D eigenvalue weighted by molar-refractivity contribution is 9.11. The van der Waals surface area contributed by atoms with Gasteiger partial charge in [-0.3, -0.25) is 4.79 Å². The van der Waals surface area contributed by atoms with Gasteiger partial charge in [0.25, 0.3) is 0 Å². The summed E-state index contributed by atoms with van der Waals surface area (Å²) in [6.45, 7) is 2.28. The number of rotatable bonds is 6. The number of carbonyl (C=O) groups excluding carboxylic acids is 1. The zero-order chi connectivity index (χ0) is 12.0. The summed E-state index contributed by atoms with van der Waals surface area (Å²) < 4.78 is 6.74. The molecule has 0 saturated heterocycles. The van der Waals surface area contributed by atoms with E-state index in [1.165, 1.54) is 11.3 Å². The molecule has 0 bridgehead atoms. The molecule has 0 spiro atoms. The molecule has 0 amide bonds. The van der Waals surface area contributed by atoms with Gasteiger partial charge in [0.2, 0.25) is 0 Å². The van der Waals surface area contributed by atoms with Crippen LogP contribution in [0, 0.1) is 0 Å². The lowest BCUT2D eigenvalue weighted by Crippen LogP contribution is -2.03. The van der Waals surface area contributed by atoms with Crippen molar-refractivity contribution in [3.63, 3.8) is 0 Å². The number of aryl methyl sites for hydroxylation is 1. The number of halogens is 2. The van der Waals surface area contributed by atoms with Crippen molar-refractivity contribution in [3.8, 4) is 0 Å². The molecule has 0 aliphatic carbocycles. The van der Waals surface area contributed by atoms with Crippen molar-refractivity contribution >= 4 is 44.8 Å². The van der Waals surface area contributed by atoms with Gasteiger partial charge >= 0.3 is 5.97 Å². The second kappa shape index (κ2) is 7.30. The number of thiophene rings is 1. The van der Waals surface area contributed by atoms with Crippen LogP contribution < -0.4 is 0 Å². The first-order chi connectivity index (χ1) is 7.63. The molecule has 0 unspecified atom stereocenters. The zero-order valence-electron chi connectivity index (χ0n) is 9.09. The maximum absolute atomic E-state index is 11.1. The van der Waals surface area contributed by atoms with Gasteiger partial charge in [0.05, 0.1) is 14.7 Å². The lowest BCUT2D eigenvalue weighted by molar-refractivity contribution is -0.143. The lowest BCUT2D eigenvalue weighted by atomic mass is 10.1. The normalized spacial score (nSPS) is 10.4. The molecule has 2 nitrogen and oxygen atoms in total. The van der Waals surface area contributed by atoms with Crippen molar-refractivity contribution in [2.45, 2.75) is 32.6 Å². The molecule has 0 aliphatic heterocycles. The van der Waals surface area contributed by atoms with Crippen LogP contribution in [0.3, 0.4) is 0 Å². The summed E-state index contributed by atoms with van der Waals surface area (Å²) in [5, 5.41) is 0. The van der Waals surface area contributed by atoms with Gasteiger partial charge in [-0.15, -0.1) is 11.3 Å². The zero-order valence-corrected chi connectivity index (χ0v) is 12.3. The summed E-state index contributed by atoms with van der Waals surface area (Å²) in [5.41, 5.74) is 1.16. The molecule has 0 aromatic carbocycles. The van der Waals surface area contributed by atoms with Crippen LogP contribution in [0.4, 0.5) is 0 Å². The van der Waals surface area contributed by atoms with Crippen molar-refractivity contribution in [3.05, 3.63) is 19.8 Å². The van der Waals surface area contributed by atoms with Gasteiger partial charge in [0, 0.05) is 6.42 Å². The van der Waals surface area contributed by atoms with Crippen molar-refractivity contribution in [2.24, 2.45) is 0 Å². The Morgan fingerprint density at radius 3 is 2.88 bits per heavy atom. The van der Waals surface area contributed by atoms with Crippen molar-refractivity contribution in [1.29, 1.82) is 0 Å². The van der Waals surface area contributed by atoms with E-state index in [4.69, 9.17) is 16.3 Å². The molecular formula is C11H14BrClO2S. The van der Waals surface area contributed by atoms with E-state index in [1.807, 2.05) is 13.0 Å². The summed E-state index contributed by atoms with van der Waals surface area (Å²) >= 11 is 11.0. The molecule has 0 N–H and O–H groups in total. The van der Waals surface area contributed by atoms with Crippen LogP contribution in [0.2, 0.25) is 4.34 Å². The highest BCUT2D eigenvalue weighted by Crippen LogP contribution is 2.32. The third kappa shape index (κ3) is 4.85. The Bertz CT molecular complexity index is 352. The van der Waals surface area contributed by atoms with E-state index in [9.17, 15) is 4.79 Å². The van der Waals surface area contributed by atoms with Gasteiger partial charge in [0.1, 0.15) is 0 Å². The molecule has 1 rings (SSSR count). The molecule has 5 heteroatoms. The van der Waals surface area contributed by atoms with Gasteiger partial charge < -0.3 is 4.74 Å². The highest BCUT2D eigenvalue weighted by Gasteiger charge is 2.06. The number of ether oxygens (including phenoxy) is 1. The monoisotopic (exact) mass is 324 g/mol.